The van der Waals surface area contributed by atoms with Crippen molar-refractivity contribution in [2.45, 2.75) is 42.9 Å². The Bertz CT molecular complexity index is 1640. The van der Waals surface area contributed by atoms with E-state index in [-0.39, 0.29) is 34.8 Å². The fraction of sp³-hybridized carbons (Fsp3) is 0.333. The third-order valence-electron chi connectivity index (χ3n) is 7.05. The van der Waals surface area contributed by atoms with Crippen molar-refractivity contribution in [1.29, 1.82) is 5.26 Å². The van der Waals surface area contributed by atoms with Gasteiger partial charge in [0.05, 0.1) is 41.3 Å². The number of carbonyl (C=O) groups is 2. The molecule has 14 heteroatoms. The number of anilines is 1. The van der Waals surface area contributed by atoms with Gasteiger partial charge in [0.25, 0.3) is 0 Å². The predicted molar refractivity (Wildman–Crippen MR) is 140 cm³/mol. The number of hydrogen-bond donors (Lipinski definition) is 1. The summed E-state index contributed by atoms with van der Waals surface area (Å²) in [6.07, 6.45) is -2.96. The van der Waals surface area contributed by atoms with Gasteiger partial charge in [-0.1, -0.05) is 12.1 Å². The molecule has 2 atom stereocenters. The number of amides is 4. The highest BCUT2D eigenvalue weighted by atomic mass is 32.2. The van der Waals surface area contributed by atoms with Crippen LogP contribution in [0.1, 0.15) is 42.5 Å². The molecule has 2 aromatic rings. The van der Waals surface area contributed by atoms with Crippen LogP contribution in [0.3, 0.4) is 0 Å². The number of sulfone groups is 1. The molecule has 0 saturated carbocycles. The van der Waals surface area contributed by atoms with E-state index in [1.807, 2.05) is 6.07 Å². The number of likely N-dealkylation sites (tertiary alicyclic amines) is 1. The second-order valence-electron chi connectivity index (χ2n) is 9.61. The third-order valence-corrected chi connectivity index (χ3v) is 8.20. The molecule has 0 aliphatic carbocycles. The summed E-state index contributed by atoms with van der Waals surface area (Å²) in [4.78, 5) is 34.0. The SMILES string of the molecule is [C-]#[N+]C1=C(C)N(c2cccc(C(F)(F)F)c2)C(=O)N(C(=O)N2CCC[C@H]2CO)[C@@H]1c1ccc(C#N)cc1S(C)(=O)=O. The van der Waals surface area contributed by atoms with Crippen LogP contribution >= 0.6 is 0 Å². The molecule has 4 amide bonds. The lowest BCUT2D eigenvalue weighted by molar-refractivity contribution is -0.137. The highest BCUT2D eigenvalue weighted by molar-refractivity contribution is 7.90. The number of carbonyl (C=O) groups excluding carboxylic acids is 2. The topological polar surface area (TPSA) is 126 Å². The van der Waals surface area contributed by atoms with E-state index in [0.717, 1.165) is 29.4 Å². The number of urea groups is 2. The van der Waals surface area contributed by atoms with E-state index in [1.54, 1.807) is 0 Å². The average molecular weight is 588 g/mol. The van der Waals surface area contributed by atoms with Crippen LogP contribution in [0.15, 0.2) is 58.8 Å². The zero-order valence-electron chi connectivity index (χ0n) is 21.9. The number of imide groups is 1. The number of rotatable bonds is 4. The van der Waals surface area contributed by atoms with Crippen LogP contribution in [0.2, 0.25) is 0 Å². The average Bonchev–Trinajstić information content (AvgIpc) is 3.40. The minimum absolute atomic E-state index is 0.0234. The Morgan fingerprint density at radius 1 is 1.24 bits per heavy atom. The standard InChI is InChI=1S/C27H24F3N5O5S/c1-16-23(32-2)24(21-10-9-17(14-31)12-22(21)41(3,39)40)35(25(37)33-11-5-8-20(33)15-36)26(38)34(16)19-7-4-6-18(13-19)27(28,29)30/h4,6-7,9-10,12-13,20,24,36H,5,8,11,15H2,1,3H3/t20-,24+/m0/s1. The molecule has 2 aromatic carbocycles. The number of alkyl halides is 3. The number of aliphatic hydroxyl groups is 1. The van der Waals surface area contributed by atoms with Crippen molar-refractivity contribution < 1.29 is 36.3 Å². The normalized spacial score (nSPS) is 19.8. The van der Waals surface area contributed by atoms with Crippen molar-refractivity contribution in [2.75, 3.05) is 24.3 Å². The van der Waals surface area contributed by atoms with E-state index in [4.69, 9.17) is 6.57 Å². The Kier molecular flexibility index (Phi) is 7.85. The third kappa shape index (κ3) is 5.36. The first-order valence-electron chi connectivity index (χ1n) is 12.3. The number of nitriles is 1. The van der Waals surface area contributed by atoms with E-state index in [0.29, 0.717) is 23.8 Å². The van der Waals surface area contributed by atoms with Gasteiger partial charge in [0, 0.05) is 24.2 Å². The Labute approximate surface area is 234 Å². The lowest BCUT2D eigenvalue weighted by Crippen LogP contribution is -2.57. The molecule has 2 aliphatic rings. The van der Waals surface area contributed by atoms with Gasteiger partial charge in [-0.2, -0.15) is 18.4 Å². The van der Waals surface area contributed by atoms with Crippen LogP contribution < -0.4 is 4.90 Å². The van der Waals surface area contributed by atoms with Gasteiger partial charge in [0.15, 0.2) is 9.84 Å². The van der Waals surface area contributed by atoms with Crippen LogP contribution in [0, 0.1) is 17.9 Å². The van der Waals surface area contributed by atoms with Crippen molar-refractivity contribution in [2.24, 2.45) is 0 Å². The largest absolute Gasteiger partial charge is 0.416 e. The molecule has 4 rings (SSSR count). The molecule has 0 unspecified atom stereocenters. The molecule has 0 aromatic heterocycles. The number of nitrogens with zero attached hydrogens (tertiary/aromatic N) is 5. The molecule has 1 N–H and O–H groups in total. The maximum absolute atomic E-state index is 14.1. The van der Waals surface area contributed by atoms with Crippen molar-refractivity contribution >= 4 is 27.6 Å². The van der Waals surface area contributed by atoms with Gasteiger partial charge < -0.3 is 10.0 Å². The molecule has 0 bridgehead atoms. The lowest BCUT2D eigenvalue weighted by atomic mass is 9.97. The summed E-state index contributed by atoms with van der Waals surface area (Å²) in [5.41, 5.74) is -1.88. The molecular formula is C27H24F3N5O5S. The predicted octanol–water partition coefficient (Wildman–Crippen LogP) is 4.69. The summed E-state index contributed by atoms with van der Waals surface area (Å²) in [6.45, 7) is 8.98. The molecule has 214 valence electrons. The van der Waals surface area contributed by atoms with Crippen molar-refractivity contribution in [3.05, 3.63) is 82.0 Å². The van der Waals surface area contributed by atoms with Crippen LogP contribution in [-0.4, -0.2) is 60.8 Å². The maximum atomic E-state index is 14.1. The van der Waals surface area contributed by atoms with Crippen molar-refractivity contribution in [3.8, 4) is 6.07 Å². The Hall–Kier alpha value is -4.40. The summed E-state index contributed by atoms with van der Waals surface area (Å²) in [5.74, 6) is 0. The van der Waals surface area contributed by atoms with E-state index in [1.165, 1.54) is 30.0 Å². The first-order chi connectivity index (χ1) is 19.2. The fourth-order valence-corrected chi connectivity index (χ4v) is 6.06. The zero-order valence-corrected chi connectivity index (χ0v) is 22.7. The lowest BCUT2D eigenvalue weighted by Gasteiger charge is -2.43. The summed E-state index contributed by atoms with van der Waals surface area (Å²) in [7, 11) is -4.07. The molecule has 2 heterocycles. The number of hydrogen-bond acceptors (Lipinski definition) is 6. The summed E-state index contributed by atoms with van der Waals surface area (Å²) >= 11 is 0. The second kappa shape index (κ2) is 10.9. The minimum Gasteiger partial charge on any atom is -0.394 e. The van der Waals surface area contributed by atoms with Crippen LogP contribution in [-0.2, 0) is 16.0 Å². The van der Waals surface area contributed by atoms with Gasteiger partial charge in [0.1, 0.15) is 6.04 Å². The Morgan fingerprint density at radius 3 is 2.54 bits per heavy atom. The van der Waals surface area contributed by atoms with Crippen LogP contribution in [0.4, 0.5) is 28.4 Å². The van der Waals surface area contributed by atoms with Crippen LogP contribution in [0.5, 0.6) is 0 Å². The number of aliphatic hydroxyl groups excluding tert-OH is 1. The summed E-state index contributed by atoms with van der Waals surface area (Å²) in [6, 6.07) is 4.91. The molecular weight excluding hydrogens is 563 g/mol. The van der Waals surface area contributed by atoms with Crippen molar-refractivity contribution in [3.63, 3.8) is 0 Å². The summed E-state index contributed by atoms with van der Waals surface area (Å²) in [5, 5.41) is 19.2. The summed E-state index contributed by atoms with van der Waals surface area (Å²) < 4.78 is 66.2. The molecule has 1 saturated heterocycles. The van der Waals surface area contributed by atoms with Gasteiger partial charge in [-0.25, -0.2) is 27.8 Å². The fourth-order valence-electron chi connectivity index (χ4n) is 5.11. The van der Waals surface area contributed by atoms with E-state index in [9.17, 15) is 41.5 Å². The molecule has 0 spiro atoms. The van der Waals surface area contributed by atoms with Crippen molar-refractivity contribution in [1.82, 2.24) is 9.80 Å². The highest BCUT2D eigenvalue weighted by Gasteiger charge is 2.48. The molecule has 2 aliphatic heterocycles. The highest BCUT2D eigenvalue weighted by Crippen LogP contribution is 2.44. The maximum Gasteiger partial charge on any atom is 0.416 e. The number of allylic oxidation sites excluding steroid dienone is 1. The molecule has 0 radical (unpaired) electrons. The quantitative estimate of drug-likeness (QED) is 0.518. The second-order valence-corrected chi connectivity index (χ2v) is 11.6. The van der Waals surface area contributed by atoms with E-state index >= 15 is 0 Å². The molecule has 41 heavy (non-hydrogen) atoms. The zero-order chi connectivity index (χ0) is 30.3. The number of benzene rings is 2. The first kappa shape index (κ1) is 29.6. The van der Waals surface area contributed by atoms with Gasteiger partial charge in [-0.3, -0.25) is 4.90 Å². The van der Waals surface area contributed by atoms with Gasteiger partial charge >= 0.3 is 18.2 Å². The van der Waals surface area contributed by atoms with Gasteiger partial charge in [-0.05, 0) is 55.7 Å². The molecule has 10 nitrogen and oxygen atoms in total. The molecule has 1 fully saturated rings. The first-order valence-corrected chi connectivity index (χ1v) is 14.2. The Balaban J connectivity index is 2.02. The van der Waals surface area contributed by atoms with Crippen LogP contribution in [0.25, 0.3) is 4.85 Å². The minimum atomic E-state index is -4.75. The van der Waals surface area contributed by atoms with E-state index < -0.39 is 57.2 Å². The Morgan fingerprint density at radius 2 is 1.95 bits per heavy atom. The number of halogens is 3. The van der Waals surface area contributed by atoms with E-state index in [2.05, 4.69) is 4.85 Å². The van der Waals surface area contributed by atoms with Gasteiger partial charge in [0.2, 0.25) is 5.70 Å². The monoisotopic (exact) mass is 587 g/mol. The smallest absolute Gasteiger partial charge is 0.394 e. The van der Waals surface area contributed by atoms with Gasteiger partial charge in [-0.15, -0.1) is 0 Å².